The van der Waals surface area contributed by atoms with E-state index in [1.54, 1.807) is 0 Å². The third-order valence-electron chi connectivity index (χ3n) is 2.02. The highest BCUT2D eigenvalue weighted by atomic mass is 17.2. The van der Waals surface area contributed by atoms with Gasteiger partial charge in [0.25, 0.3) is 0 Å². The van der Waals surface area contributed by atoms with Gasteiger partial charge in [0.15, 0.2) is 0 Å². The van der Waals surface area contributed by atoms with Crippen LogP contribution in [0.4, 0.5) is 0 Å². The normalized spacial score (nSPS) is 17.1. The Labute approximate surface area is 82.5 Å². The Hall–Kier alpha value is -0.0800. The molecule has 0 fully saturated rings. The summed E-state index contributed by atoms with van der Waals surface area (Å²) in [6.07, 6.45) is 3.15. The minimum absolute atomic E-state index is 0.123. The van der Waals surface area contributed by atoms with Crippen LogP contribution < -0.4 is 0 Å². The molecule has 0 saturated heterocycles. The first-order valence-electron chi connectivity index (χ1n) is 5.20. The zero-order chi connectivity index (χ0) is 10.5. The predicted octanol–water partition coefficient (Wildman–Crippen LogP) is 3.70. The SMILES string of the molecule is CCCC(C)(CC)OOC(C)(C)C. The Morgan fingerprint density at radius 2 is 1.46 bits per heavy atom. The lowest BCUT2D eigenvalue weighted by atomic mass is 9.98. The zero-order valence-corrected chi connectivity index (χ0v) is 9.94. The van der Waals surface area contributed by atoms with Gasteiger partial charge in [0.2, 0.25) is 0 Å². The molecule has 0 heterocycles. The number of rotatable bonds is 5. The van der Waals surface area contributed by atoms with Crippen molar-refractivity contribution in [3.8, 4) is 0 Å². The Morgan fingerprint density at radius 1 is 0.923 bits per heavy atom. The molecule has 0 aromatic carbocycles. The lowest BCUT2D eigenvalue weighted by molar-refractivity contribution is -0.402. The van der Waals surface area contributed by atoms with Crippen LogP contribution in [0.25, 0.3) is 0 Å². The second kappa shape index (κ2) is 4.97. The van der Waals surface area contributed by atoms with Gasteiger partial charge in [0, 0.05) is 0 Å². The van der Waals surface area contributed by atoms with E-state index in [9.17, 15) is 0 Å². The average molecular weight is 188 g/mol. The van der Waals surface area contributed by atoms with Crippen LogP contribution in [-0.2, 0) is 9.78 Å². The van der Waals surface area contributed by atoms with Gasteiger partial charge in [-0.15, -0.1) is 0 Å². The number of hydrogen-bond acceptors (Lipinski definition) is 2. The van der Waals surface area contributed by atoms with E-state index in [-0.39, 0.29) is 11.2 Å². The summed E-state index contributed by atoms with van der Waals surface area (Å²) < 4.78 is 0. The van der Waals surface area contributed by atoms with Crippen LogP contribution in [0.3, 0.4) is 0 Å². The summed E-state index contributed by atoms with van der Waals surface area (Å²) in [5.74, 6) is 0. The smallest absolute Gasteiger partial charge is 0.101 e. The van der Waals surface area contributed by atoms with Gasteiger partial charge >= 0.3 is 0 Å². The molecule has 0 aliphatic heterocycles. The van der Waals surface area contributed by atoms with E-state index in [1.165, 1.54) is 0 Å². The average Bonchev–Trinajstić information content (AvgIpc) is 2.01. The monoisotopic (exact) mass is 188 g/mol. The standard InChI is InChI=1S/C11H24O2/c1-7-9-11(6,8-2)13-12-10(3,4)5/h7-9H2,1-6H3. The molecular weight excluding hydrogens is 164 g/mol. The van der Waals surface area contributed by atoms with Gasteiger partial charge in [-0.2, -0.15) is 0 Å². The highest BCUT2D eigenvalue weighted by Crippen LogP contribution is 2.24. The summed E-state index contributed by atoms with van der Waals surface area (Å²) in [4.78, 5) is 10.8. The molecule has 80 valence electrons. The van der Waals surface area contributed by atoms with E-state index in [2.05, 4.69) is 20.8 Å². The van der Waals surface area contributed by atoms with Gasteiger partial charge in [-0.05, 0) is 40.5 Å². The third kappa shape index (κ3) is 6.05. The van der Waals surface area contributed by atoms with E-state index in [4.69, 9.17) is 9.78 Å². The molecule has 0 saturated carbocycles. The molecule has 0 N–H and O–H groups in total. The molecule has 13 heavy (non-hydrogen) atoms. The van der Waals surface area contributed by atoms with Crippen molar-refractivity contribution in [2.45, 2.75) is 72.0 Å². The van der Waals surface area contributed by atoms with Crippen LogP contribution in [0, 0.1) is 0 Å². The minimum atomic E-state index is -0.218. The van der Waals surface area contributed by atoms with Crippen molar-refractivity contribution in [3.63, 3.8) is 0 Å². The van der Waals surface area contributed by atoms with Crippen molar-refractivity contribution < 1.29 is 9.78 Å². The molecule has 1 atom stereocenters. The van der Waals surface area contributed by atoms with Crippen LogP contribution >= 0.6 is 0 Å². The zero-order valence-electron chi connectivity index (χ0n) is 9.94. The summed E-state index contributed by atoms with van der Waals surface area (Å²) >= 11 is 0. The Morgan fingerprint density at radius 3 is 1.77 bits per heavy atom. The van der Waals surface area contributed by atoms with Crippen molar-refractivity contribution in [1.29, 1.82) is 0 Å². The van der Waals surface area contributed by atoms with Gasteiger partial charge in [-0.1, -0.05) is 20.3 Å². The Bertz CT molecular complexity index is 138. The maximum Gasteiger partial charge on any atom is 0.101 e. The number of hydrogen-bond donors (Lipinski definition) is 0. The first-order valence-corrected chi connectivity index (χ1v) is 5.20. The van der Waals surface area contributed by atoms with Crippen molar-refractivity contribution in [2.75, 3.05) is 0 Å². The van der Waals surface area contributed by atoms with Crippen molar-refractivity contribution in [2.24, 2.45) is 0 Å². The van der Waals surface area contributed by atoms with E-state index in [0.717, 1.165) is 19.3 Å². The molecule has 0 aliphatic rings. The van der Waals surface area contributed by atoms with Crippen LogP contribution in [0.15, 0.2) is 0 Å². The summed E-state index contributed by atoms with van der Waals surface area (Å²) in [5.41, 5.74) is -0.341. The van der Waals surface area contributed by atoms with Crippen molar-refractivity contribution >= 4 is 0 Å². The summed E-state index contributed by atoms with van der Waals surface area (Å²) in [6, 6.07) is 0. The summed E-state index contributed by atoms with van der Waals surface area (Å²) in [5, 5.41) is 0. The third-order valence-corrected chi connectivity index (χ3v) is 2.02. The molecule has 2 heteroatoms. The predicted molar refractivity (Wildman–Crippen MR) is 55.5 cm³/mol. The molecule has 0 bridgehead atoms. The second-order valence-electron chi connectivity index (χ2n) is 4.83. The quantitative estimate of drug-likeness (QED) is 0.484. The first-order chi connectivity index (χ1) is 5.83. The highest BCUT2D eigenvalue weighted by molar-refractivity contribution is 4.71. The molecule has 0 spiro atoms. The molecule has 1 unspecified atom stereocenters. The molecule has 0 aliphatic carbocycles. The molecule has 0 amide bonds. The molecule has 2 nitrogen and oxygen atoms in total. The Balaban J connectivity index is 3.97. The second-order valence-corrected chi connectivity index (χ2v) is 4.83. The Kier molecular flexibility index (Phi) is 4.93. The topological polar surface area (TPSA) is 18.5 Å². The molecule has 0 aromatic heterocycles. The lowest BCUT2D eigenvalue weighted by Crippen LogP contribution is -2.32. The molecule has 0 aromatic rings. The van der Waals surface area contributed by atoms with Crippen LogP contribution in [0.1, 0.15) is 60.8 Å². The van der Waals surface area contributed by atoms with Crippen molar-refractivity contribution in [1.82, 2.24) is 0 Å². The summed E-state index contributed by atoms with van der Waals surface area (Å²) in [7, 11) is 0. The first kappa shape index (κ1) is 12.9. The lowest BCUT2D eigenvalue weighted by Gasteiger charge is -2.30. The van der Waals surface area contributed by atoms with Gasteiger partial charge < -0.3 is 0 Å². The summed E-state index contributed by atoms with van der Waals surface area (Å²) in [6.45, 7) is 12.4. The molecule has 0 radical (unpaired) electrons. The highest BCUT2D eigenvalue weighted by Gasteiger charge is 2.25. The van der Waals surface area contributed by atoms with Gasteiger partial charge in [0.05, 0.1) is 5.60 Å². The van der Waals surface area contributed by atoms with Gasteiger partial charge in [-0.25, -0.2) is 9.78 Å². The minimum Gasteiger partial charge on any atom is -0.230 e. The fourth-order valence-corrected chi connectivity index (χ4v) is 1.03. The van der Waals surface area contributed by atoms with Crippen molar-refractivity contribution in [3.05, 3.63) is 0 Å². The van der Waals surface area contributed by atoms with Gasteiger partial charge in [0.1, 0.15) is 5.60 Å². The maximum atomic E-state index is 5.48. The fraction of sp³-hybridized carbons (Fsp3) is 1.00. The fourth-order valence-electron chi connectivity index (χ4n) is 1.03. The van der Waals surface area contributed by atoms with E-state index < -0.39 is 0 Å². The van der Waals surface area contributed by atoms with E-state index >= 15 is 0 Å². The van der Waals surface area contributed by atoms with Crippen LogP contribution in [0.2, 0.25) is 0 Å². The molecule has 0 rings (SSSR count). The van der Waals surface area contributed by atoms with Crippen LogP contribution in [-0.4, -0.2) is 11.2 Å². The van der Waals surface area contributed by atoms with Gasteiger partial charge in [-0.3, -0.25) is 0 Å². The molecular formula is C11H24O2. The maximum absolute atomic E-state index is 5.48. The van der Waals surface area contributed by atoms with E-state index in [1.807, 2.05) is 20.8 Å². The largest absolute Gasteiger partial charge is 0.230 e. The van der Waals surface area contributed by atoms with E-state index in [0.29, 0.717) is 0 Å². The van der Waals surface area contributed by atoms with Crippen LogP contribution in [0.5, 0.6) is 0 Å².